The van der Waals surface area contributed by atoms with Crippen LogP contribution in [0.3, 0.4) is 0 Å². The Hall–Kier alpha value is -1.66. The van der Waals surface area contributed by atoms with Gasteiger partial charge in [-0.05, 0) is 18.1 Å². The first kappa shape index (κ1) is 14.7. The van der Waals surface area contributed by atoms with Crippen molar-refractivity contribution in [2.75, 3.05) is 12.4 Å². The minimum atomic E-state index is -0.479. The van der Waals surface area contributed by atoms with E-state index in [0.717, 1.165) is 12.1 Å². The van der Waals surface area contributed by atoms with Gasteiger partial charge in [-0.2, -0.15) is 0 Å². The number of rotatable bonds is 5. The van der Waals surface area contributed by atoms with Crippen LogP contribution in [0.25, 0.3) is 0 Å². The van der Waals surface area contributed by atoms with Crippen LogP contribution in [-0.4, -0.2) is 23.0 Å². The predicted molar refractivity (Wildman–Crippen MR) is 79.4 cm³/mol. The second-order valence-corrected chi connectivity index (χ2v) is 5.30. The minimum Gasteiger partial charge on any atom is -0.465 e. The Bertz CT molecular complexity index is 615. The third-order valence-corrected chi connectivity index (χ3v) is 4.11. The number of aryl methyl sites for hydroxylation is 1. The molecule has 0 aliphatic carbocycles. The lowest BCUT2D eigenvalue weighted by atomic mass is 10.1. The van der Waals surface area contributed by atoms with Gasteiger partial charge in [0.25, 0.3) is 0 Å². The molecule has 0 radical (unpaired) electrons. The molecule has 0 bridgehead atoms. The lowest BCUT2D eigenvalue weighted by Crippen LogP contribution is -2.04. The molecule has 1 N–H and O–H groups in total. The number of anilines is 1. The zero-order valence-electron chi connectivity index (χ0n) is 11.1. The molecule has 0 saturated carbocycles. The topological polar surface area (TPSA) is 64.1 Å². The van der Waals surface area contributed by atoms with Crippen molar-refractivity contribution in [3.63, 3.8) is 0 Å². The van der Waals surface area contributed by atoms with Crippen LogP contribution in [0, 0.1) is 0 Å². The number of thiazole rings is 1. The van der Waals surface area contributed by atoms with E-state index in [1.54, 1.807) is 6.20 Å². The number of aromatic nitrogens is 2. The molecular weight excluding hydrogens is 298 g/mol. The van der Waals surface area contributed by atoms with Gasteiger partial charge >= 0.3 is 5.97 Å². The molecule has 2 rings (SSSR count). The van der Waals surface area contributed by atoms with Crippen LogP contribution in [0.2, 0.25) is 5.15 Å². The first-order valence-corrected chi connectivity index (χ1v) is 7.26. The van der Waals surface area contributed by atoms with Gasteiger partial charge in [-0.15, -0.1) is 0 Å². The van der Waals surface area contributed by atoms with E-state index in [-0.39, 0.29) is 5.15 Å². The molecule has 2 aromatic heterocycles. The molecule has 0 aliphatic rings. The van der Waals surface area contributed by atoms with E-state index in [0.29, 0.717) is 16.6 Å². The zero-order valence-corrected chi connectivity index (χ0v) is 12.7. The second kappa shape index (κ2) is 6.67. The number of pyridine rings is 1. The summed E-state index contributed by atoms with van der Waals surface area (Å²) in [6, 6.07) is 3.96. The highest BCUT2D eigenvalue weighted by molar-refractivity contribution is 7.18. The smallest absolute Gasteiger partial charge is 0.351 e. The molecule has 0 atom stereocenters. The van der Waals surface area contributed by atoms with E-state index in [1.807, 2.05) is 12.1 Å². The number of methoxy groups -OCH3 is 1. The van der Waals surface area contributed by atoms with Crippen LogP contribution in [0.4, 0.5) is 5.13 Å². The van der Waals surface area contributed by atoms with Crippen LogP contribution in [-0.2, 0) is 17.7 Å². The number of nitrogens with zero attached hydrogens (tertiary/aromatic N) is 2. The number of hydrogen-bond donors (Lipinski definition) is 1. The Morgan fingerprint density at radius 3 is 3.05 bits per heavy atom. The molecule has 5 nitrogen and oxygen atoms in total. The fraction of sp³-hybridized carbons (Fsp3) is 0.308. The van der Waals surface area contributed by atoms with E-state index >= 15 is 0 Å². The first-order chi connectivity index (χ1) is 9.65. The van der Waals surface area contributed by atoms with Gasteiger partial charge in [0.05, 0.1) is 19.3 Å². The molecule has 7 heteroatoms. The number of halogens is 1. The highest BCUT2D eigenvalue weighted by atomic mass is 35.5. The summed E-state index contributed by atoms with van der Waals surface area (Å²) in [7, 11) is 1.31. The summed E-state index contributed by atoms with van der Waals surface area (Å²) in [5.41, 5.74) is 2.14. The Kier molecular flexibility index (Phi) is 4.92. The highest BCUT2D eigenvalue weighted by Gasteiger charge is 2.17. The van der Waals surface area contributed by atoms with E-state index in [4.69, 9.17) is 11.6 Å². The summed E-state index contributed by atoms with van der Waals surface area (Å²) in [5, 5.41) is 3.85. The minimum absolute atomic E-state index is 0.154. The molecule has 0 aromatic carbocycles. The van der Waals surface area contributed by atoms with E-state index < -0.39 is 5.97 Å². The van der Waals surface area contributed by atoms with Crippen molar-refractivity contribution in [3.8, 4) is 0 Å². The van der Waals surface area contributed by atoms with Gasteiger partial charge < -0.3 is 10.1 Å². The van der Waals surface area contributed by atoms with Crippen LogP contribution in [0.15, 0.2) is 18.3 Å². The maximum absolute atomic E-state index is 11.4. The van der Waals surface area contributed by atoms with Crippen molar-refractivity contribution in [1.82, 2.24) is 9.97 Å². The molecule has 0 fully saturated rings. The maximum Gasteiger partial charge on any atom is 0.351 e. The normalized spacial score (nSPS) is 10.3. The average molecular weight is 312 g/mol. The van der Waals surface area contributed by atoms with E-state index in [2.05, 4.69) is 26.9 Å². The summed E-state index contributed by atoms with van der Waals surface area (Å²) in [5.74, 6) is -0.479. The second-order valence-electron chi connectivity index (χ2n) is 3.95. The lowest BCUT2D eigenvalue weighted by Gasteiger charge is -2.06. The van der Waals surface area contributed by atoms with Gasteiger partial charge in [-0.25, -0.2) is 9.78 Å². The SMILES string of the molecule is CCc1cccnc1CNc1nc(Cl)c(C(=O)OC)s1. The number of hydrogen-bond acceptors (Lipinski definition) is 6. The molecule has 2 heterocycles. The monoisotopic (exact) mass is 311 g/mol. The molecule has 0 saturated heterocycles. The third-order valence-electron chi connectivity index (χ3n) is 2.73. The molecule has 0 unspecified atom stereocenters. The Labute approximate surface area is 126 Å². The van der Waals surface area contributed by atoms with Crippen LogP contribution < -0.4 is 5.32 Å². The van der Waals surface area contributed by atoms with Gasteiger partial charge in [-0.3, -0.25) is 4.98 Å². The standard InChI is InChI=1S/C13H14ClN3O2S/c1-3-8-5-4-6-15-9(8)7-16-13-17-11(14)10(20-13)12(18)19-2/h4-6H,3,7H2,1-2H3,(H,16,17). The molecular formula is C13H14ClN3O2S. The van der Waals surface area contributed by atoms with Crippen LogP contribution in [0.1, 0.15) is 27.9 Å². The summed E-state index contributed by atoms with van der Waals surface area (Å²) in [6.07, 6.45) is 2.67. The number of carbonyl (C=O) groups is 1. The number of nitrogens with one attached hydrogen (secondary N) is 1. The van der Waals surface area contributed by atoms with Crippen molar-refractivity contribution in [3.05, 3.63) is 39.6 Å². The Morgan fingerprint density at radius 1 is 1.55 bits per heavy atom. The molecule has 0 aliphatic heterocycles. The summed E-state index contributed by atoms with van der Waals surface area (Å²) in [6.45, 7) is 2.62. The fourth-order valence-electron chi connectivity index (χ4n) is 1.71. The van der Waals surface area contributed by atoms with Crippen LogP contribution in [0.5, 0.6) is 0 Å². The summed E-state index contributed by atoms with van der Waals surface area (Å²) >= 11 is 7.07. The average Bonchev–Trinajstić information content (AvgIpc) is 2.85. The van der Waals surface area contributed by atoms with Gasteiger partial charge in [0.1, 0.15) is 0 Å². The van der Waals surface area contributed by atoms with Gasteiger partial charge in [0.2, 0.25) is 0 Å². The lowest BCUT2D eigenvalue weighted by molar-refractivity contribution is 0.0606. The Morgan fingerprint density at radius 2 is 2.35 bits per heavy atom. The number of ether oxygens (including phenoxy) is 1. The van der Waals surface area contributed by atoms with E-state index in [1.165, 1.54) is 24.0 Å². The van der Waals surface area contributed by atoms with Crippen molar-refractivity contribution in [2.45, 2.75) is 19.9 Å². The highest BCUT2D eigenvalue weighted by Crippen LogP contribution is 2.27. The largest absolute Gasteiger partial charge is 0.465 e. The van der Waals surface area contributed by atoms with E-state index in [9.17, 15) is 4.79 Å². The third kappa shape index (κ3) is 3.26. The maximum atomic E-state index is 11.4. The molecule has 0 spiro atoms. The van der Waals surface area contributed by atoms with Gasteiger partial charge in [0.15, 0.2) is 15.2 Å². The van der Waals surface area contributed by atoms with Gasteiger partial charge in [-0.1, -0.05) is 35.9 Å². The first-order valence-electron chi connectivity index (χ1n) is 6.07. The van der Waals surface area contributed by atoms with Crippen molar-refractivity contribution < 1.29 is 9.53 Å². The fourth-order valence-corrected chi connectivity index (χ4v) is 2.81. The van der Waals surface area contributed by atoms with Gasteiger partial charge in [0, 0.05) is 6.20 Å². The summed E-state index contributed by atoms with van der Waals surface area (Å²) in [4.78, 5) is 20.2. The molecule has 2 aromatic rings. The molecule has 106 valence electrons. The Balaban J connectivity index is 2.10. The summed E-state index contributed by atoms with van der Waals surface area (Å²) < 4.78 is 4.64. The predicted octanol–water partition coefficient (Wildman–Crippen LogP) is 3.15. The van der Waals surface area contributed by atoms with Crippen molar-refractivity contribution >= 4 is 34.0 Å². The van der Waals surface area contributed by atoms with Crippen LogP contribution >= 0.6 is 22.9 Å². The quantitative estimate of drug-likeness (QED) is 0.859. The van der Waals surface area contributed by atoms with Crippen molar-refractivity contribution in [2.24, 2.45) is 0 Å². The molecule has 0 amide bonds. The molecule has 20 heavy (non-hydrogen) atoms. The number of esters is 1. The zero-order chi connectivity index (χ0) is 14.5. The van der Waals surface area contributed by atoms with Crippen molar-refractivity contribution in [1.29, 1.82) is 0 Å². The number of carbonyl (C=O) groups excluding carboxylic acids is 1.